The first-order valence-corrected chi connectivity index (χ1v) is 4.23. The summed E-state index contributed by atoms with van der Waals surface area (Å²) in [6.45, 7) is 1.85. The summed E-state index contributed by atoms with van der Waals surface area (Å²) in [5.74, 6) is 0. The Morgan fingerprint density at radius 1 is 1.38 bits per heavy atom. The zero-order valence-corrected chi connectivity index (χ0v) is 7.78. The van der Waals surface area contributed by atoms with E-state index in [9.17, 15) is 0 Å². The quantitative estimate of drug-likeness (QED) is 0.694. The SMILES string of the molecule is Cc1ncc(C2OC=CO2)cc1Cl. The van der Waals surface area contributed by atoms with Crippen molar-refractivity contribution in [3.63, 3.8) is 0 Å². The molecule has 1 aliphatic rings. The number of hydrogen-bond acceptors (Lipinski definition) is 3. The summed E-state index contributed by atoms with van der Waals surface area (Å²) >= 11 is 5.90. The van der Waals surface area contributed by atoms with E-state index in [4.69, 9.17) is 21.1 Å². The first kappa shape index (κ1) is 8.38. The van der Waals surface area contributed by atoms with Gasteiger partial charge >= 0.3 is 0 Å². The van der Waals surface area contributed by atoms with Gasteiger partial charge in [0.05, 0.1) is 16.3 Å². The van der Waals surface area contributed by atoms with Gasteiger partial charge in [-0.25, -0.2) is 0 Å². The molecule has 0 N–H and O–H groups in total. The molecule has 2 rings (SSSR count). The lowest BCUT2D eigenvalue weighted by atomic mass is 10.2. The van der Waals surface area contributed by atoms with Crippen molar-refractivity contribution in [2.45, 2.75) is 13.2 Å². The van der Waals surface area contributed by atoms with E-state index in [0.717, 1.165) is 11.3 Å². The number of rotatable bonds is 1. The molecule has 0 atom stereocenters. The summed E-state index contributed by atoms with van der Waals surface area (Å²) in [6.07, 6.45) is 4.29. The van der Waals surface area contributed by atoms with Gasteiger partial charge in [0, 0.05) is 6.20 Å². The van der Waals surface area contributed by atoms with Crippen LogP contribution in [0.15, 0.2) is 24.8 Å². The van der Waals surface area contributed by atoms with Gasteiger partial charge in [-0.05, 0) is 13.0 Å². The van der Waals surface area contributed by atoms with Crippen LogP contribution in [0.5, 0.6) is 0 Å². The summed E-state index contributed by atoms with van der Waals surface area (Å²) in [6, 6.07) is 1.79. The zero-order valence-electron chi connectivity index (χ0n) is 7.03. The first-order valence-electron chi connectivity index (χ1n) is 3.85. The van der Waals surface area contributed by atoms with Crippen molar-refractivity contribution in [3.05, 3.63) is 41.1 Å². The van der Waals surface area contributed by atoms with Crippen LogP contribution in [0.4, 0.5) is 0 Å². The van der Waals surface area contributed by atoms with Gasteiger partial charge < -0.3 is 9.47 Å². The molecule has 68 valence electrons. The lowest BCUT2D eigenvalue weighted by Gasteiger charge is -2.10. The summed E-state index contributed by atoms with van der Waals surface area (Å²) in [4.78, 5) is 4.10. The van der Waals surface area contributed by atoms with Crippen LogP contribution in [0.3, 0.4) is 0 Å². The van der Waals surface area contributed by atoms with Gasteiger partial charge in [0.1, 0.15) is 12.5 Å². The molecule has 0 spiro atoms. The van der Waals surface area contributed by atoms with Gasteiger partial charge in [-0.15, -0.1) is 0 Å². The van der Waals surface area contributed by atoms with E-state index in [2.05, 4.69) is 4.98 Å². The molecule has 0 saturated heterocycles. The molecule has 13 heavy (non-hydrogen) atoms. The maximum Gasteiger partial charge on any atom is 0.267 e. The molecule has 0 unspecified atom stereocenters. The standard InChI is InChI=1S/C9H8ClNO2/c1-6-8(10)4-7(5-11-6)9-12-2-3-13-9/h2-5,9H,1H3. The number of nitrogens with zero attached hydrogens (tertiary/aromatic N) is 1. The highest BCUT2D eigenvalue weighted by atomic mass is 35.5. The Hall–Kier alpha value is -1.22. The van der Waals surface area contributed by atoms with Crippen LogP contribution in [-0.4, -0.2) is 4.98 Å². The molecule has 0 amide bonds. The van der Waals surface area contributed by atoms with Gasteiger partial charge in [-0.3, -0.25) is 4.98 Å². The highest BCUT2D eigenvalue weighted by Crippen LogP contribution is 2.26. The van der Waals surface area contributed by atoms with Crippen molar-refractivity contribution >= 4 is 11.6 Å². The molecular weight excluding hydrogens is 190 g/mol. The average Bonchev–Trinajstić information content (AvgIpc) is 2.62. The number of halogens is 1. The van der Waals surface area contributed by atoms with E-state index < -0.39 is 6.29 Å². The molecule has 0 aromatic carbocycles. The molecule has 1 aromatic heterocycles. The van der Waals surface area contributed by atoms with Crippen LogP contribution in [-0.2, 0) is 9.47 Å². The third-order valence-electron chi connectivity index (χ3n) is 1.78. The van der Waals surface area contributed by atoms with Gasteiger partial charge in [0.2, 0.25) is 0 Å². The van der Waals surface area contributed by atoms with E-state index in [0.29, 0.717) is 5.02 Å². The molecule has 3 nitrogen and oxygen atoms in total. The fourth-order valence-electron chi connectivity index (χ4n) is 1.05. The van der Waals surface area contributed by atoms with Crippen LogP contribution in [0.25, 0.3) is 0 Å². The van der Waals surface area contributed by atoms with Gasteiger partial charge in [-0.1, -0.05) is 11.6 Å². The van der Waals surface area contributed by atoms with E-state index in [1.807, 2.05) is 6.92 Å². The molecule has 0 bridgehead atoms. The maximum absolute atomic E-state index is 5.90. The molecule has 0 saturated carbocycles. The van der Waals surface area contributed by atoms with E-state index in [1.54, 1.807) is 12.3 Å². The van der Waals surface area contributed by atoms with E-state index in [1.165, 1.54) is 12.5 Å². The van der Waals surface area contributed by atoms with Crippen LogP contribution < -0.4 is 0 Å². The Labute approximate surface area is 80.9 Å². The Bertz CT molecular complexity index is 343. The van der Waals surface area contributed by atoms with Crippen molar-refractivity contribution in [2.75, 3.05) is 0 Å². The molecule has 0 radical (unpaired) electrons. The third kappa shape index (κ3) is 1.60. The number of ether oxygens (including phenoxy) is 2. The van der Waals surface area contributed by atoms with Gasteiger partial charge in [0.25, 0.3) is 6.29 Å². The van der Waals surface area contributed by atoms with Gasteiger partial charge in [-0.2, -0.15) is 0 Å². The monoisotopic (exact) mass is 197 g/mol. The highest BCUT2D eigenvalue weighted by Gasteiger charge is 2.16. The minimum atomic E-state index is -0.398. The number of hydrogen-bond donors (Lipinski definition) is 0. The normalized spacial score (nSPS) is 15.5. The van der Waals surface area contributed by atoms with Crippen LogP contribution >= 0.6 is 11.6 Å². The minimum Gasteiger partial charge on any atom is -0.455 e. The van der Waals surface area contributed by atoms with E-state index >= 15 is 0 Å². The molecule has 0 aliphatic carbocycles. The van der Waals surface area contributed by atoms with E-state index in [-0.39, 0.29) is 0 Å². The molecular formula is C9H8ClNO2. The summed E-state index contributed by atoms with van der Waals surface area (Å²) in [7, 11) is 0. The average molecular weight is 198 g/mol. The predicted molar refractivity (Wildman–Crippen MR) is 48.0 cm³/mol. The van der Waals surface area contributed by atoms with Crippen molar-refractivity contribution in [1.29, 1.82) is 0 Å². The van der Waals surface area contributed by atoms with Gasteiger partial charge in [0.15, 0.2) is 0 Å². The molecule has 4 heteroatoms. The molecule has 2 heterocycles. The fraction of sp³-hybridized carbons (Fsp3) is 0.222. The summed E-state index contributed by atoms with van der Waals surface area (Å²) in [5, 5.41) is 0.622. The lowest BCUT2D eigenvalue weighted by molar-refractivity contribution is -0.0248. The first-order chi connectivity index (χ1) is 6.27. The minimum absolute atomic E-state index is 0.398. The predicted octanol–water partition coefficient (Wildman–Crippen LogP) is 2.56. The second kappa shape index (κ2) is 3.26. The maximum atomic E-state index is 5.90. The number of pyridine rings is 1. The Morgan fingerprint density at radius 3 is 2.69 bits per heavy atom. The smallest absolute Gasteiger partial charge is 0.267 e. The molecule has 1 aromatic rings. The van der Waals surface area contributed by atoms with Crippen molar-refractivity contribution in [3.8, 4) is 0 Å². The van der Waals surface area contributed by atoms with Crippen LogP contribution in [0.2, 0.25) is 5.02 Å². The topological polar surface area (TPSA) is 31.4 Å². The fourth-order valence-corrected chi connectivity index (χ4v) is 1.22. The highest BCUT2D eigenvalue weighted by molar-refractivity contribution is 6.31. The number of aromatic nitrogens is 1. The van der Waals surface area contributed by atoms with Crippen LogP contribution in [0.1, 0.15) is 17.5 Å². The Balaban J connectivity index is 2.26. The summed E-state index contributed by atoms with van der Waals surface area (Å²) < 4.78 is 10.3. The largest absolute Gasteiger partial charge is 0.455 e. The molecule has 0 fully saturated rings. The Morgan fingerprint density at radius 2 is 2.08 bits per heavy atom. The second-order valence-electron chi connectivity index (χ2n) is 2.71. The summed E-state index contributed by atoms with van der Waals surface area (Å²) in [5.41, 5.74) is 1.62. The van der Waals surface area contributed by atoms with Crippen molar-refractivity contribution in [2.24, 2.45) is 0 Å². The Kier molecular flexibility index (Phi) is 2.10. The second-order valence-corrected chi connectivity index (χ2v) is 3.12. The third-order valence-corrected chi connectivity index (χ3v) is 2.16. The number of aryl methyl sites for hydroxylation is 1. The van der Waals surface area contributed by atoms with Crippen LogP contribution in [0, 0.1) is 6.92 Å². The van der Waals surface area contributed by atoms with Crippen molar-refractivity contribution < 1.29 is 9.47 Å². The lowest BCUT2D eigenvalue weighted by Crippen LogP contribution is -1.99. The zero-order chi connectivity index (χ0) is 9.26. The molecule has 1 aliphatic heterocycles. The van der Waals surface area contributed by atoms with Crippen molar-refractivity contribution in [1.82, 2.24) is 4.98 Å².